The predicted molar refractivity (Wildman–Crippen MR) is 81.2 cm³/mol. The standard InChI is InChI=1S/C16H24FNS/c1-2-11-18-16(13-5-3-4-6-13)12-19-15-9-7-14(17)8-10-15/h7-10,13,16,18H,2-6,11-12H2,1H3. The minimum Gasteiger partial charge on any atom is -0.313 e. The van der Waals surface area contributed by atoms with Crippen LogP contribution in [0.2, 0.25) is 0 Å². The SMILES string of the molecule is CCCNC(CSc1ccc(F)cc1)C1CCCC1. The van der Waals surface area contributed by atoms with Crippen LogP contribution in [0.4, 0.5) is 4.39 Å². The van der Waals surface area contributed by atoms with Crippen LogP contribution >= 0.6 is 11.8 Å². The van der Waals surface area contributed by atoms with Crippen molar-refractivity contribution in [1.29, 1.82) is 0 Å². The Kier molecular flexibility index (Phi) is 6.18. The molecule has 1 unspecified atom stereocenters. The van der Waals surface area contributed by atoms with Crippen LogP contribution in [0.25, 0.3) is 0 Å². The summed E-state index contributed by atoms with van der Waals surface area (Å²) in [5.41, 5.74) is 0. The van der Waals surface area contributed by atoms with Crippen LogP contribution in [0.5, 0.6) is 0 Å². The third-order valence-electron chi connectivity index (χ3n) is 3.87. The second-order valence-corrected chi connectivity index (χ2v) is 6.46. The summed E-state index contributed by atoms with van der Waals surface area (Å²) in [6.07, 6.45) is 6.69. The van der Waals surface area contributed by atoms with E-state index in [4.69, 9.17) is 0 Å². The van der Waals surface area contributed by atoms with Crippen LogP contribution in [0, 0.1) is 11.7 Å². The maximum atomic E-state index is 12.9. The quantitative estimate of drug-likeness (QED) is 0.740. The van der Waals surface area contributed by atoms with Crippen LogP contribution in [-0.2, 0) is 0 Å². The molecule has 106 valence electrons. The molecule has 1 aromatic rings. The van der Waals surface area contributed by atoms with E-state index < -0.39 is 0 Å². The lowest BCUT2D eigenvalue weighted by Gasteiger charge is -2.24. The molecule has 0 saturated heterocycles. The van der Waals surface area contributed by atoms with Gasteiger partial charge in [0.2, 0.25) is 0 Å². The summed E-state index contributed by atoms with van der Waals surface area (Å²) < 4.78 is 12.9. The van der Waals surface area contributed by atoms with Gasteiger partial charge in [0.05, 0.1) is 0 Å². The van der Waals surface area contributed by atoms with Crippen molar-refractivity contribution in [1.82, 2.24) is 5.32 Å². The molecule has 1 aromatic carbocycles. The van der Waals surface area contributed by atoms with E-state index in [1.165, 1.54) is 37.0 Å². The summed E-state index contributed by atoms with van der Waals surface area (Å²) in [5.74, 6) is 1.77. The molecule has 1 nitrogen and oxygen atoms in total. The maximum Gasteiger partial charge on any atom is 0.123 e. The van der Waals surface area contributed by atoms with Gasteiger partial charge in [-0.3, -0.25) is 0 Å². The molecule has 1 aliphatic carbocycles. The van der Waals surface area contributed by atoms with E-state index in [9.17, 15) is 4.39 Å². The lowest BCUT2D eigenvalue weighted by Crippen LogP contribution is -2.37. The number of halogens is 1. The van der Waals surface area contributed by atoms with Crippen LogP contribution in [0.1, 0.15) is 39.0 Å². The molecule has 1 N–H and O–H groups in total. The van der Waals surface area contributed by atoms with Gasteiger partial charge in [0.1, 0.15) is 5.82 Å². The van der Waals surface area contributed by atoms with Gasteiger partial charge in [-0.1, -0.05) is 19.8 Å². The van der Waals surface area contributed by atoms with E-state index in [1.54, 1.807) is 12.1 Å². The summed E-state index contributed by atoms with van der Waals surface area (Å²) in [6.45, 7) is 3.32. The molecule has 0 heterocycles. The van der Waals surface area contributed by atoms with E-state index in [1.807, 2.05) is 23.9 Å². The molecule has 0 amide bonds. The van der Waals surface area contributed by atoms with Gasteiger partial charge in [-0.05, 0) is 56.0 Å². The van der Waals surface area contributed by atoms with Crippen molar-refractivity contribution in [2.75, 3.05) is 12.3 Å². The van der Waals surface area contributed by atoms with Gasteiger partial charge in [-0.2, -0.15) is 0 Å². The first-order valence-corrected chi connectivity index (χ1v) is 8.40. The monoisotopic (exact) mass is 281 g/mol. The summed E-state index contributed by atoms with van der Waals surface area (Å²) in [5, 5.41) is 3.70. The van der Waals surface area contributed by atoms with Crippen molar-refractivity contribution in [3.8, 4) is 0 Å². The van der Waals surface area contributed by atoms with Crippen molar-refractivity contribution >= 4 is 11.8 Å². The summed E-state index contributed by atoms with van der Waals surface area (Å²) in [4.78, 5) is 1.17. The second-order valence-electron chi connectivity index (χ2n) is 5.37. The molecule has 0 radical (unpaired) electrons. The van der Waals surface area contributed by atoms with Gasteiger partial charge in [-0.25, -0.2) is 4.39 Å². The molecule has 1 atom stereocenters. The third-order valence-corrected chi connectivity index (χ3v) is 5.00. The van der Waals surface area contributed by atoms with Crippen molar-refractivity contribution in [3.63, 3.8) is 0 Å². The average Bonchev–Trinajstić information content (AvgIpc) is 2.95. The number of nitrogens with one attached hydrogen (secondary N) is 1. The summed E-state index contributed by atoms with van der Waals surface area (Å²) >= 11 is 1.85. The molecule has 0 bridgehead atoms. The topological polar surface area (TPSA) is 12.0 Å². The Hall–Kier alpha value is -0.540. The smallest absolute Gasteiger partial charge is 0.123 e. The molecule has 0 spiro atoms. The fourth-order valence-electron chi connectivity index (χ4n) is 2.77. The molecule has 1 saturated carbocycles. The number of benzene rings is 1. The van der Waals surface area contributed by atoms with E-state index >= 15 is 0 Å². The van der Waals surface area contributed by atoms with Crippen LogP contribution in [0.3, 0.4) is 0 Å². The normalized spacial score (nSPS) is 17.8. The van der Waals surface area contributed by atoms with Crippen LogP contribution in [0.15, 0.2) is 29.2 Å². The lowest BCUT2D eigenvalue weighted by molar-refractivity contribution is 0.388. The molecular formula is C16H24FNS. The zero-order valence-corrected chi connectivity index (χ0v) is 12.5. The Morgan fingerprint density at radius 2 is 1.95 bits per heavy atom. The first kappa shape index (κ1) is 14.9. The Labute approximate surface area is 120 Å². The second kappa shape index (κ2) is 7.91. The summed E-state index contributed by atoms with van der Waals surface area (Å²) in [7, 11) is 0. The van der Waals surface area contributed by atoms with Gasteiger partial charge in [0, 0.05) is 16.7 Å². The first-order valence-electron chi connectivity index (χ1n) is 7.41. The van der Waals surface area contributed by atoms with Crippen molar-refractivity contribution in [3.05, 3.63) is 30.1 Å². The van der Waals surface area contributed by atoms with Crippen molar-refractivity contribution in [2.24, 2.45) is 5.92 Å². The minimum absolute atomic E-state index is 0.152. The van der Waals surface area contributed by atoms with Gasteiger partial charge in [-0.15, -0.1) is 11.8 Å². The van der Waals surface area contributed by atoms with Crippen molar-refractivity contribution in [2.45, 2.75) is 50.0 Å². The number of hydrogen-bond donors (Lipinski definition) is 1. The molecular weight excluding hydrogens is 257 g/mol. The number of hydrogen-bond acceptors (Lipinski definition) is 2. The molecule has 19 heavy (non-hydrogen) atoms. The Morgan fingerprint density at radius 3 is 2.58 bits per heavy atom. The largest absolute Gasteiger partial charge is 0.313 e. The zero-order chi connectivity index (χ0) is 13.5. The lowest BCUT2D eigenvalue weighted by atomic mass is 10.00. The fourth-order valence-corrected chi connectivity index (χ4v) is 3.86. The Balaban J connectivity index is 1.86. The van der Waals surface area contributed by atoms with E-state index in [0.29, 0.717) is 6.04 Å². The van der Waals surface area contributed by atoms with Crippen molar-refractivity contribution < 1.29 is 4.39 Å². The maximum absolute atomic E-state index is 12.9. The highest BCUT2D eigenvalue weighted by molar-refractivity contribution is 7.99. The van der Waals surface area contributed by atoms with Crippen LogP contribution < -0.4 is 5.32 Å². The Bertz CT molecular complexity index is 360. The highest BCUT2D eigenvalue weighted by Crippen LogP contribution is 2.30. The third kappa shape index (κ3) is 4.81. The van der Waals surface area contributed by atoms with E-state index in [2.05, 4.69) is 12.2 Å². The highest BCUT2D eigenvalue weighted by Gasteiger charge is 2.24. The summed E-state index contributed by atoms with van der Waals surface area (Å²) in [6, 6.07) is 7.47. The zero-order valence-electron chi connectivity index (χ0n) is 11.7. The van der Waals surface area contributed by atoms with Gasteiger partial charge in [0.25, 0.3) is 0 Å². The van der Waals surface area contributed by atoms with E-state index in [-0.39, 0.29) is 5.82 Å². The fraction of sp³-hybridized carbons (Fsp3) is 0.625. The first-order chi connectivity index (χ1) is 9.29. The Morgan fingerprint density at radius 1 is 1.26 bits per heavy atom. The number of thioether (sulfide) groups is 1. The molecule has 0 aromatic heterocycles. The minimum atomic E-state index is -0.152. The molecule has 0 aliphatic heterocycles. The molecule has 3 heteroatoms. The van der Waals surface area contributed by atoms with Gasteiger partial charge in [0.15, 0.2) is 0 Å². The van der Waals surface area contributed by atoms with Gasteiger partial charge < -0.3 is 5.32 Å². The molecule has 2 rings (SSSR count). The predicted octanol–water partition coefficient (Wildman–Crippen LogP) is 4.48. The molecule has 1 fully saturated rings. The van der Waals surface area contributed by atoms with Crippen LogP contribution in [-0.4, -0.2) is 18.3 Å². The van der Waals surface area contributed by atoms with E-state index in [0.717, 1.165) is 18.2 Å². The highest BCUT2D eigenvalue weighted by atomic mass is 32.2. The molecule has 1 aliphatic rings. The average molecular weight is 281 g/mol. The number of rotatable bonds is 7. The van der Waals surface area contributed by atoms with Gasteiger partial charge >= 0.3 is 0 Å².